The minimum Gasteiger partial charge on any atom is -0.497 e. The Balaban J connectivity index is 1.66. The lowest BCUT2D eigenvalue weighted by molar-refractivity contribution is -0.384. The Morgan fingerprint density at radius 2 is 1.98 bits per heavy atom. The number of allylic oxidation sites excluding steroid dienone is 1. The lowest BCUT2D eigenvalue weighted by Crippen LogP contribution is -2.40. The standard InChI is InChI=1S/C29H24ClN3O8S/c1-5-40-28(35)25-15(2)31-29-32(26(25)19-9-7-17(38-3)13-23(19)39-4)27(34)24(42-29)14-18-8-11-22(41-18)20-12-16(33(36)37)6-10-21(20)30/h6-14,26H,5H2,1-4H3/b24-14-/t26-/m0/s1. The van der Waals surface area contributed by atoms with Crippen molar-refractivity contribution in [3.05, 3.63) is 106 Å². The summed E-state index contributed by atoms with van der Waals surface area (Å²) >= 11 is 7.40. The van der Waals surface area contributed by atoms with Crippen LogP contribution in [0.4, 0.5) is 5.69 Å². The van der Waals surface area contributed by atoms with Gasteiger partial charge < -0.3 is 18.6 Å². The van der Waals surface area contributed by atoms with Gasteiger partial charge in [0.25, 0.3) is 11.2 Å². The number of fused-ring (bicyclic) bond motifs is 1. The quantitative estimate of drug-likeness (QED) is 0.160. The number of halogens is 1. The maximum absolute atomic E-state index is 13.9. The zero-order valence-electron chi connectivity index (χ0n) is 22.9. The van der Waals surface area contributed by atoms with Gasteiger partial charge in [-0.05, 0) is 44.2 Å². The molecule has 0 amide bonds. The number of nitro groups is 1. The highest BCUT2D eigenvalue weighted by atomic mass is 35.5. The van der Waals surface area contributed by atoms with Crippen molar-refractivity contribution in [3.8, 4) is 22.8 Å². The number of carbonyl (C=O) groups excluding carboxylic acids is 1. The number of hydrogen-bond acceptors (Lipinski definition) is 10. The molecule has 42 heavy (non-hydrogen) atoms. The first-order valence-electron chi connectivity index (χ1n) is 12.6. The van der Waals surface area contributed by atoms with Crippen molar-refractivity contribution in [3.63, 3.8) is 0 Å². The van der Waals surface area contributed by atoms with E-state index in [9.17, 15) is 19.7 Å². The summed E-state index contributed by atoms with van der Waals surface area (Å²) in [5, 5.41) is 11.5. The molecular formula is C29H24ClN3O8S. The minimum atomic E-state index is -0.890. The predicted octanol–water partition coefficient (Wildman–Crippen LogP) is 4.64. The van der Waals surface area contributed by atoms with Gasteiger partial charge in [-0.2, -0.15) is 0 Å². The smallest absolute Gasteiger partial charge is 0.338 e. The molecule has 0 bridgehead atoms. The van der Waals surface area contributed by atoms with Crippen molar-refractivity contribution in [1.29, 1.82) is 0 Å². The average molecular weight is 610 g/mol. The number of hydrogen-bond donors (Lipinski definition) is 0. The summed E-state index contributed by atoms with van der Waals surface area (Å²) in [6.07, 6.45) is 1.55. The van der Waals surface area contributed by atoms with Crippen LogP contribution >= 0.6 is 22.9 Å². The monoisotopic (exact) mass is 609 g/mol. The molecule has 13 heteroatoms. The molecule has 0 fully saturated rings. The second-order valence-electron chi connectivity index (χ2n) is 9.03. The molecule has 2 aromatic heterocycles. The number of carbonyl (C=O) groups is 1. The van der Waals surface area contributed by atoms with Gasteiger partial charge in [-0.1, -0.05) is 22.9 Å². The van der Waals surface area contributed by atoms with E-state index < -0.39 is 22.5 Å². The summed E-state index contributed by atoms with van der Waals surface area (Å²) in [4.78, 5) is 42.7. The Morgan fingerprint density at radius 1 is 1.19 bits per heavy atom. The molecule has 4 aromatic rings. The highest BCUT2D eigenvalue weighted by Crippen LogP contribution is 2.38. The summed E-state index contributed by atoms with van der Waals surface area (Å²) in [7, 11) is 3.02. The molecule has 0 saturated heterocycles. The highest BCUT2D eigenvalue weighted by molar-refractivity contribution is 7.07. The molecule has 5 rings (SSSR count). The molecular weight excluding hydrogens is 586 g/mol. The first-order chi connectivity index (χ1) is 20.2. The van der Waals surface area contributed by atoms with E-state index >= 15 is 0 Å². The molecule has 0 N–H and O–H groups in total. The number of aromatic nitrogens is 1. The van der Waals surface area contributed by atoms with Gasteiger partial charge in [0.15, 0.2) is 4.80 Å². The van der Waals surface area contributed by atoms with Gasteiger partial charge in [0, 0.05) is 35.4 Å². The first kappa shape index (κ1) is 28.8. The maximum atomic E-state index is 13.9. The van der Waals surface area contributed by atoms with Gasteiger partial charge in [-0.3, -0.25) is 19.5 Å². The molecule has 1 aliphatic rings. The number of ether oxygens (including phenoxy) is 3. The molecule has 3 heterocycles. The Labute approximate surface area is 247 Å². The van der Waals surface area contributed by atoms with Crippen LogP contribution in [0.2, 0.25) is 5.02 Å². The van der Waals surface area contributed by atoms with Crippen LogP contribution in [0.15, 0.2) is 74.0 Å². The zero-order chi connectivity index (χ0) is 30.1. The fourth-order valence-electron chi connectivity index (χ4n) is 4.65. The van der Waals surface area contributed by atoms with Crippen molar-refractivity contribution in [2.75, 3.05) is 20.8 Å². The summed E-state index contributed by atoms with van der Waals surface area (Å²) in [5.74, 6) is 0.968. The third-order valence-corrected chi connectivity index (χ3v) is 7.89. The van der Waals surface area contributed by atoms with E-state index in [4.69, 9.17) is 30.2 Å². The fraction of sp³-hybridized carbons (Fsp3) is 0.207. The number of non-ortho nitro benzene ring substituents is 1. The Kier molecular flexibility index (Phi) is 8.01. The summed E-state index contributed by atoms with van der Waals surface area (Å²) in [6.45, 7) is 3.53. The number of thiazole rings is 1. The van der Waals surface area contributed by atoms with Crippen molar-refractivity contribution in [2.45, 2.75) is 19.9 Å². The van der Waals surface area contributed by atoms with Crippen molar-refractivity contribution >= 4 is 40.7 Å². The van der Waals surface area contributed by atoms with E-state index in [-0.39, 0.29) is 27.4 Å². The lowest BCUT2D eigenvalue weighted by Gasteiger charge is -2.26. The van der Waals surface area contributed by atoms with E-state index in [2.05, 4.69) is 4.99 Å². The fourth-order valence-corrected chi connectivity index (χ4v) is 5.89. The number of furan rings is 1. The van der Waals surface area contributed by atoms with E-state index in [1.807, 2.05) is 0 Å². The molecule has 0 radical (unpaired) electrons. The topological polar surface area (TPSA) is 135 Å². The van der Waals surface area contributed by atoms with Crippen LogP contribution in [0.1, 0.15) is 31.2 Å². The van der Waals surface area contributed by atoms with Gasteiger partial charge in [-0.25, -0.2) is 9.79 Å². The highest BCUT2D eigenvalue weighted by Gasteiger charge is 2.35. The zero-order valence-corrected chi connectivity index (χ0v) is 24.4. The summed E-state index contributed by atoms with van der Waals surface area (Å²) in [6, 6.07) is 11.5. The number of rotatable bonds is 8. The van der Waals surface area contributed by atoms with Gasteiger partial charge in [0.05, 0.1) is 46.6 Å². The molecule has 1 aliphatic heterocycles. The van der Waals surface area contributed by atoms with E-state index in [0.29, 0.717) is 44.6 Å². The maximum Gasteiger partial charge on any atom is 0.338 e. The molecule has 2 aromatic carbocycles. The van der Waals surface area contributed by atoms with Crippen LogP contribution in [-0.4, -0.2) is 36.3 Å². The van der Waals surface area contributed by atoms with Crippen LogP contribution in [0.3, 0.4) is 0 Å². The second kappa shape index (κ2) is 11.7. The normalized spacial score (nSPS) is 14.8. The average Bonchev–Trinajstić information content (AvgIpc) is 3.56. The minimum absolute atomic E-state index is 0.137. The van der Waals surface area contributed by atoms with Crippen LogP contribution < -0.4 is 24.4 Å². The second-order valence-corrected chi connectivity index (χ2v) is 10.4. The number of esters is 1. The van der Waals surface area contributed by atoms with E-state index in [0.717, 1.165) is 11.3 Å². The SMILES string of the molecule is CCOC(=O)C1=C(C)N=c2s/c(=C\c3ccc(-c4cc([N+](=O)[O-])ccc4Cl)o3)c(=O)n2[C@H]1c1ccc(OC)cc1OC. The van der Waals surface area contributed by atoms with Crippen molar-refractivity contribution in [2.24, 2.45) is 4.99 Å². The van der Waals surface area contributed by atoms with Gasteiger partial charge in [0.1, 0.15) is 29.1 Å². The third kappa shape index (κ3) is 5.21. The molecule has 0 aliphatic carbocycles. The van der Waals surface area contributed by atoms with E-state index in [1.54, 1.807) is 50.3 Å². The van der Waals surface area contributed by atoms with Crippen molar-refractivity contribution < 1.29 is 28.3 Å². The molecule has 216 valence electrons. The number of nitrogens with zero attached hydrogens (tertiary/aromatic N) is 3. The molecule has 0 unspecified atom stereocenters. The molecule has 11 nitrogen and oxygen atoms in total. The predicted molar refractivity (Wildman–Crippen MR) is 156 cm³/mol. The van der Waals surface area contributed by atoms with E-state index in [1.165, 1.54) is 37.0 Å². The Morgan fingerprint density at radius 3 is 2.67 bits per heavy atom. The molecule has 0 saturated carbocycles. The third-order valence-electron chi connectivity index (χ3n) is 6.58. The number of methoxy groups -OCH3 is 2. The number of nitro benzene ring substituents is 1. The van der Waals surface area contributed by atoms with Gasteiger partial charge in [0.2, 0.25) is 0 Å². The Bertz CT molecular complexity index is 1940. The molecule has 1 atom stereocenters. The number of benzene rings is 2. The van der Waals surface area contributed by atoms with Crippen LogP contribution in [0.5, 0.6) is 11.5 Å². The van der Waals surface area contributed by atoms with Gasteiger partial charge in [-0.15, -0.1) is 0 Å². The largest absolute Gasteiger partial charge is 0.497 e. The first-order valence-corrected chi connectivity index (χ1v) is 13.8. The Hall–Kier alpha value is -4.68. The molecule has 0 spiro atoms. The lowest BCUT2D eigenvalue weighted by atomic mass is 9.95. The van der Waals surface area contributed by atoms with Crippen LogP contribution in [0, 0.1) is 10.1 Å². The van der Waals surface area contributed by atoms with Crippen LogP contribution in [0.25, 0.3) is 17.4 Å². The van der Waals surface area contributed by atoms with Crippen LogP contribution in [-0.2, 0) is 9.53 Å². The van der Waals surface area contributed by atoms with Gasteiger partial charge >= 0.3 is 5.97 Å². The summed E-state index contributed by atoms with van der Waals surface area (Å²) in [5.41, 5.74) is 0.950. The van der Waals surface area contributed by atoms with Crippen molar-refractivity contribution in [1.82, 2.24) is 4.57 Å². The summed E-state index contributed by atoms with van der Waals surface area (Å²) < 4.78 is 23.9.